The highest BCUT2D eigenvalue weighted by molar-refractivity contribution is 14.1. The third-order valence-corrected chi connectivity index (χ3v) is 2.60. The molecule has 0 spiro atoms. The summed E-state index contributed by atoms with van der Waals surface area (Å²) in [6.07, 6.45) is -1.77. The molecule has 0 atom stereocenters. The van der Waals surface area contributed by atoms with Gasteiger partial charge in [-0.2, -0.15) is 5.26 Å². The van der Waals surface area contributed by atoms with Gasteiger partial charge in [0.05, 0.1) is 18.2 Å². The number of methoxy groups -OCH3 is 1. The van der Waals surface area contributed by atoms with Gasteiger partial charge in [-0.15, -0.1) is 0 Å². The third kappa shape index (κ3) is 2.27. The van der Waals surface area contributed by atoms with Gasteiger partial charge in [-0.3, -0.25) is 0 Å². The zero-order valence-electron chi connectivity index (χ0n) is 8.00. The number of aromatic nitrogens is 1. The van der Waals surface area contributed by atoms with E-state index < -0.39 is 23.7 Å². The summed E-state index contributed by atoms with van der Waals surface area (Å²) in [6, 6.07) is 1.52. The third-order valence-electron chi connectivity index (χ3n) is 1.78. The summed E-state index contributed by atoms with van der Waals surface area (Å²) in [4.78, 5) is 14.9. The number of hydrogen-bond acceptors (Lipinski definition) is 4. The lowest BCUT2D eigenvalue weighted by molar-refractivity contribution is 0.0587. The minimum Gasteiger partial charge on any atom is -0.465 e. The molecule has 16 heavy (non-hydrogen) atoms. The molecule has 1 aromatic heterocycles. The second-order valence-electron chi connectivity index (χ2n) is 2.65. The fourth-order valence-corrected chi connectivity index (χ4v) is 1.76. The van der Waals surface area contributed by atoms with Gasteiger partial charge >= 0.3 is 5.97 Å². The normalized spacial score (nSPS) is 10.0. The van der Waals surface area contributed by atoms with Crippen molar-refractivity contribution in [2.45, 2.75) is 6.43 Å². The van der Waals surface area contributed by atoms with Crippen LogP contribution in [0.25, 0.3) is 0 Å². The van der Waals surface area contributed by atoms with Crippen LogP contribution in [0, 0.1) is 14.9 Å². The number of carbonyl (C=O) groups is 1. The smallest absolute Gasteiger partial charge is 0.339 e. The molecular formula is C9H5F2IN2O2. The van der Waals surface area contributed by atoms with E-state index in [0.29, 0.717) is 0 Å². The Balaban J connectivity index is 3.56. The van der Waals surface area contributed by atoms with Gasteiger partial charge < -0.3 is 4.74 Å². The number of alkyl halides is 2. The molecule has 0 saturated carbocycles. The van der Waals surface area contributed by atoms with E-state index in [4.69, 9.17) is 5.26 Å². The zero-order chi connectivity index (χ0) is 12.3. The number of rotatable bonds is 2. The second kappa shape index (κ2) is 5.16. The molecule has 0 saturated heterocycles. The molecule has 0 aliphatic heterocycles. The lowest BCUT2D eigenvalue weighted by Gasteiger charge is -2.09. The molecule has 4 nitrogen and oxygen atoms in total. The van der Waals surface area contributed by atoms with Crippen molar-refractivity contribution in [3.8, 4) is 6.07 Å². The number of nitriles is 1. The molecule has 0 amide bonds. The van der Waals surface area contributed by atoms with E-state index >= 15 is 0 Å². The average Bonchev–Trinajstić information content (AvgIpc) is 2.27. The summed E-state index contributed by atoms with van der Waals surface area (Å²) >= 11 is 1.68. The van der Waals surface area contributed by atoms with E-state index in [1.165, 1.54) is 12.3 Å². The van der Waals surface area contributed by atoms with Crippen molar-refractivity contribution >= 4 is 28.6 Å². The van der Waals surface area contributed by atoms with Crippen molar-refractivity contribution < 1.29 is 18.3 Å². The summed E-state index contributed by atoms with van der Waals surface area (Å²) < 4.78 is 30.1. The highest BCUT2D eigenvalue weighted by Gasteiger charge is 2.26. The quantitative estimate of drug-likeness (QED) is 0.613. The first-order valence-electron chi connectivity index (χ1n) is 3.97. The SMILES string of the molecule is COC(=O)c1c(I)cnc(C#N)c1C(F)F. The summed E-state index contributed by atoms with van der Waals surface area (Å²) in [5.74, 6) is -0.904. The van der Waals surface area contributed by atoms with Crippen LogP contribution in [0.15, 0.2) is 6.20 Å². The standard InChI is InChI=1S/C9H5F2IN2O2/c1-16-9(15)6-4(12)3-14-5(2-13)7(6)8(10)11/h3,8H,1H3. The molecule has 1 heterocycles. The second-order valence-corrected chi connectivity index (χ2v) is 3.81. The van der Waals surface area contributed by atoms with E-state index in [-0.39, 0.29) is 9.13 Å². The Kier molecular flexibility index (Phi) is 4.12. The number of pyridine rings is 1. The molecule has 0 aromatic carbocycles. The Hall–Kier alpha value is -1.30. The van der Waals surface area contributed by atoms with Crippen LogP contribution in [0.2, 0.25) is 0 Å². The first-order valence-corrected chi connectivity index (χ1v) is 5.05. The van der Waals surface area contributed by atoms with Crippen LogP contribution in [0.1, 0.15) is 28.0 Å². The predicted octanol–water partition coefficient (Wildman–Crippen LogP) is 2.28. The van der Waals surface area contributed by atoms with Crippen LogP contribution in [0.3, 0.4) is 0 Å². The first kappa shape index (κ1) is 12.8. The summed E-state index contributed by atoms with van der Waals surface area (Å²) in [5, 5.41) is 8.64. The summed E-state index contributed by atoms with van der Waals surface area (Å²) in [5.41, 5.74) is -1.44. The van der Waals surface area contributed by atoms with Gasteiger partial charge in [0.25, 0.3) is 6.43 Å². The van der Waals surface area contributed by atoms with E-state index in [0.717, 1.165) is 7.11 Å². The van der Waals surface area contributed by atoms with Crippen LogP contribution in [0.5, 0.6) is 0 Å². The monoisotopic (exact) mass is 338 g/mol. The molecule has 1 rings (SSSR count). The number of carbonyl (C=O) groups excluding carboxylic acids is 1. The largest absolute Gasteiger partial charge is 0.465 e. The Labute approximate surface area is 103 Å². The average molecular weight is 338 g/mol. The Morgan fingerprint density at radius 3 is 2.75 bits per heavy atom. The minimum atomic E-state index is -2.95. The maximum absolute atomic E-state index is 12.7. The van der Waals surface area contributed by atoms with Crippen LogP contribution < -0.4 is 0 Å². The fraction of sp³-hybridized carbons (Fsp3) is 0.222. The zero-order valence-corrected chi connectivity index (χ0v) is 10.2. The van der Waals surface area contributed by atoms with Gasteiger partial charge in [-0.25, -0.2) is 18.6 Å². The van der Waals surface area contributed by atoms with Gasteiger partial charge in [-0.1, -0.05) is 0 Å². The Morgan fingerprint density at radius 2 is 2.31 bits per heavy atom. The van der Waals surface area contributed by atoms with Crippen molar-refractivity contribution in [2.75, 3.05) is 7.11 Å². The van der Waals surface area contributed by atoms with Crippen molar-refractivity contribution in [3.05, 3.63) is 26.6 Å². The minimum absolute atomic E-state index is 0.221. The maximum atomic E-state index is 12.7. The van der Waals surface area contributed by atoms with Crippen LogP contribution in [-0.2, 0) is 4.74 Å². The van der Waals surface area contributed by atoms with Crippen LogP contribution >= 0.6 is 22.6 Å². The number of hydrogen-bond donors (Lipinski definition) is 0. The summed E-state index contributed by atoms with van der Waals surface area (Å²) in [7, 11) is 1.08. The summed E-state index contributed by atoms with van der Waals surface area (Å²) in [6.45, 7) is 0. The Morgan fingerprint density at radius 1 is 1.69 bits per heavy atom. The number of nitrogens with zero attached hydrogens (tertiary/aromatic N) is 2. The van der Waals surface area contributed by atoms with E-state index in [1.807, 2.05) is 0 Å². The number of esters is 1. The maximum Gasteiger partial charge on any atom is 0.339 e. The van der Waals surface area contributed by atoms with Gasteiger partial charge in [0.2, 0.25) is 0 Å². The number of halogens is 3. The van der Waals surface area contributed by atoms with Crippen molar-refractivity contribution in [3.63, 3.8) is 0 Å². The van der Waals surface area contributed by atoms with Crippen molar-refractivity contribution in [1.82, 2.24) is 4.98 Å². The molecule has 0 aliphatic rings. The van der Waals surface area contributed by atoms with E-state index in [1.54, 1.807) is 22.6 Å². The highest BCUT2D eigenvalue weighted by Crippen LogP contribution is 2.28. The molecule has 0 unspecified atom stereocenters. The van der Waals surface area contributed by atoms with Gasteiger partial charge in [0.1, 0.15) is 11.8 Å². The van der Waals surface area contributed by atoms with Crippen LogP contribution in [-0.4, -0.2) is 18.1 Å². The lowest BCUT2D eigenvalue weighted by Crippen LogP contribution is -2.11. The molecule has 0 radical (unpaired) electrons. The predicted molar refractivity (Wildman–Crippen MR) is 58.0 cm³/mol. The molecular weight excluding hydrogens is 333 g/mol. The van der Waals surface area contributed by atoms with Crippen molar-refractivity contribution in [2.24, 2.45) is 0 Å². The lowest BCUT2D eigenvalue weighted by atomic mass is 10.1. The van der Waals surface area contributed by atoms with Crippen molar-refractivity contribution in [1.29, 1.82) is 5.26 Å². The number of ether oxygens (including phenoxy) is 1. The molecule has 84 valence electrons. The molecule has 0 aliphatic carbocycles. The molecule has 0 N–H and O–H groups in total. The van der Waals surface area contributed by atoms with Gasteiger partial charge in [-0.05, 0) is 22.6 Å². The first-order chi connectivity index (χ1) is 7.52. The Bertz CT molecular complexity index is 471. The topological polar surface area (TPSA) is 63.0 Å². The molecule has 7 heteroatoms. The van der Waals surface area contributed by atoms with E-state index in [2.05, 4.69) is 9.72 Å². The van der Waals surface area contributed by atoms with Gasteiger partial charge in [0.15, 0.2) is 0 Å². The molecule has 0 fully saturated rings. The van der Waals surface area contributed by atoms with Gasteiger partial charge in [0, 0.05) is 9.77 Å². The fourth-order valence-electron chi connectivity index (χ4n) is 1.11. The van der Waals surface area contributed by atoms with Crippen LogP contribution in [0.4, 0.5) is 8.78 Å². The highest BCUT2D eigenvalue weighted by atomic mass is 127. The molecule has 1 aromatic rings. The molecule has 0 bridgehead atoms. The van der Waals surface area contributed by atoms with E-state index in [9.17, 15) is 13.6 Å².